The Morgan fingerprint density at radius 1 is 1.69 bits per heavy atom. The number of carboxylic acids is 1. The molecule has 0 aliphatic carbocycles. The largest absolute Gasteiger partial charge is 0.480 e. The Morgan fingerprint density at radius 3 is 3.15 bits per heavy atom. The summed E-state index contributed by atoms with van der Waals surface area (Å²) >= 11 is 0. The first-order valence-corrected chi connectivity index (χ1v) is 4.01. The van der Waals surface area contributed by atoms with Gasteiger partial charge in [-0.1, -0.05) is 0 Å². The molecular formula is C8H10N2O3. The predicted octanol–water partition coefficient (Wildman–Crippen LogP) is -0.0351. The van der Waals surface area contributed by atoms with E-state index in [4.69, 9.17) is 15.6 Å². The first-order chi connectivity index (χ1) is 6.20. The second-order valence-corrected chi connectivity index (χ2v) is 2.91. The van der Waals surface area contributed by atoms with Gasteiger partial charge in [-0.2, -0.15) is 0 Å². The number of hydrogen-bond donors (Lipinski definition) is 2. The monoisotopic (exact) mass is 182 g/mol. The van der Waals surface area contributed by atoms with Crippen molar-refractivity contribution in [3.63, 3.8) is 0 Å². The minimum absolute atomic E-state index is 0.593. The third-order valence-electron chi connectivity index (χ3n) is 2.12. The van der Waals surface area contributed by atoms with Gasteiger partial charge in [0.25, 0.3) is 0 Å². The van der Waals surface area contributed by atoms with Gasteiger partial charge in [-0.3, -0.25) is 4.79 Å². The number of aromatic nitrogens is 1. The summed E-state index contributed by atoms with van der Waals surface area (Å²) in [6.45, 7) is 1.27. The molecule has 1 aromatic rings. The van der Waals surface area contributed by atoms with Crippen LogP contribution in [0.4, 0.5) is 0 Å². The van der Waals surface area contributed by atoms with Crippen LogP contribution in [0, 0.1) is 0 Å². The highest BCUT2D eigenvalue weighted by Gasteiger charge is 2.23. The minimum atomic E-state index is -1.02. The van der Waals surface area contributed by atoms with Gasteiger partial charge in [0, 0.05) is 11.8 Å². The molecule has 1 aliphatic rings. The van der Waals surface area contributed by atoms with E-state index in [2.05, 4.69) is 0 Å². The summed E-state index contributed by atoms with van der Waals surface area (Å²) in [5.41, 5.74) is 6.08. The van der Waals surface area contributed by atoms with Gasteiger partial charge in [-0.25, -0.2) is 0 Å². The van der Waals surface area contributed by atoms with Gasteiger partial charge in [0.05, 0.1) is 6.54 Å². The highest BCUT2D eigenvalue weighted by molar-refractivity contribution is 5.74. The molecular weight excluding hydrogens is 172 g/mol. The number of ether oxygens (including phenoxy) is 1. The molecule has 70 valence electrons. The summed E-state index contributed by atoms with van der Waals surface area (Å²) in [4.78, 5) is 10.6. The third kappa shape index (κ3) is 1.17. The second-order valence-electron chi connectivity index (χ2n) is 2.91. The summed E-state index contributed by atoms with van der Waals surface area (Å²) in [6.07, 6.45) is 0. The maximum Gasteiger partial charge on any atom is 0.326 e. The van der Waals surface area contributed by atoms with Crippen LogP contribution in [0.1, 0.15) is 11.7 Å². The van der Waals surface area contributed by atoms with Gasteiger partial charge in [-0.05, 0) is 6.07 Å². The lowest BCUT2D eigenvalue weighted by molar-refractivity contribution is -0.138. The lowest BCUT2D eigenvalue weighted by atomic mass is 10.2. The molecule has 0 bridgehead atoms. The number of aliphatic carboxylic acids is 1. The fourth-order valence-electron chi connectivity index (χ4n) is 1.47. The van der Waals surface area contributed by atoms with Crippen LogP contribution in [0.3, 0.4) is 0 Å². The Hall–Kier alpha value is -1.49. The van der Waals surface area contributed by atoms with E-state index in [0.29, 0.717) is 24.7 Å². The van der Waals surface area contributed by atoms with Crippen LogP contribution in [0.5, 0.6) is 5.88 Å². The van der Waals surface area contributed by atoms with Crippen LogP contribution < -0.4 is 10.5 Å². The fourth-order valence-corrected chi connectivity index (χ4v) is 1.47. The number of fused-ring (bicyclic) bond motifs is 1. The second kappa shape index (κ2) is 2.77. The molecule has 0 radical (unpaired) electrons. The Kier molecular flexibility index (Phi) is 1.73. The lowest BCUT2D eigenvalue weighted by Gasteiger charge is -2.07. The van der Waals surface area contributed by atoms with Crippen molar-refractivity contribution in [2.24, 2.45) is 5.73 Å². The van der Waals surface area contributed by atoms with E-state index in [0.717, 1.165) is 0 Å². The van der Waals surface area contributed by atoms with Gasteiger partial charge in [0.1, 0.15) is 12.6 Å². The molecule has 0 saturated heterocycles. The van der Waals surface area contributed by atoms with Crippen LogP contribution in [0.2, 0.25) is 0 Å². The van der Waals surface area contributed by atoms with Crippen molar-refractivity contribution in [1.29, 1.82) is 0 Å². The van der Waals surface area contributed by atoms with Gasteiger partial charge in [-0.15, -0.1) is 0 Å². The van der Waals surface area contributed by atoms with Crippen molar-refractivity contribution in [2.75, 3.05) is 6.61 Å². The van der Waals surface area contributed by atoms with E-state index < -0.39 is 12.0 Å². The number of carboxylic acid groups (broad SMARTS) is 1. The van der Waals surface area contributed by atoms with E-state index >= 15 is 0 Å². The van der Waals surface area contributed by atoms with Gasteiger partial charge >= 0.3 is 5.97 Å². The summed E-state index contributed by atoms with van der Waals surface area (Å²) < 4.78 is 7.01. The molecule has 2 heterocycles. The smallest absolute Gasteiger partial charge is 0.326 e. The number of carbonyl (C=O) groups is 1. The zero-order valence-corrected chi connectivity index (χ0v) is 6.93. The first-order valence-electron chi connectivity index (χ1n) is 4.01. The highest BCUT2D eigenvalue weighted by atomic mass is 16.5. The summed E-state index contributed by atoms with van der Waals surface area (Å²) in [5, 5.41) is 8.71. The fraction of sp³-hybridized carbons (Fsp3) is 0.375. The number of hydrogen-bond acceptors (Lipinski definition) is 3. The zero-order valence-electron chi connectivity index (χ0n) is 6.93. The SMILES string of the molecule is NC(C(=O)O)c1ccc2n1CCO2. The van der Waals surface area contributed by atoms with E-state index in [1.54, 1.807) is 16.7 Å². The Labute approximate surface area is 74.7 Å². The van der Waals surface area contributed by atoms with Crippen LogP contribution in [-0.4, -0.2) is 22.2 Å². The molecule has 5 nitrogen and oxygen atoms in total. The summed E-state index contributed by atoms with van der Waals surface area (Å²) in [7, 11) is 0. The topological polar surface area (TPSA) is 77.5 Å². The molecule has 2 rings (SSSR count). The standard InChI is InChI=1S/C8H10N2O3/c9-7(8(11)12)5-1-2-6-10(5)3-4-13-6/h1-2,7H,3-4,9H2,(H,11,12). The molecule has 3 N–H and O–H groups in total. The summed E-state index contributed by atoms with van der Waals surface area (Å²) in [6, 6.07) is 2.47. The molecule has 0 spiro atoms. The number of rotatable bonds is 2. The van der Waals surface area contributed by atoms with Gasteiger partial charge in [0.15, 0.2) is 5.88 Å². The molecule has 1 aromatic heterocycles. The van der Waals surface area contributed by atoms with Crippen molar-refractivity contribution >= 4 is 5.97 Å². The van der Waals surface area contributed by atoms with Crippen molar-refractivity contribution in [1.82, 2.24) is 4.57 Å². The van der Waals surface area contributed by atoms with Crippen molar-refractivity contribution in [2.45, 2.75) is 12.6 Å². The Morgan fingerprint density at radius 2 is 2.46 bits per heavy atom. The average molecular weight is 182 g/mol. The quantitative estimate of drug-likeness (QED) is 0.673. The molecule has 0 fully saturated rings. The molecule has 1 aliphatic heterocycles. The average Bonchev–Trinajstić information content (AvgIpc) is 2.61. The van der Waals surface area contributed by atoms with Crippen LogP contribution in [0.15, 0.2) is 12.1 Å². The maximum absolute atomic E-state index is 10.6. The van der Waals surface area contributed by atoms with Crippen LogP contribution in [0.25, 0.3) is 0 Å². The lowest BCUT2D eigenvalue weighted by Crippen LogP contribution is -2.23. The maximum atomic E-state index is 10.6. The number of nitrogens with two attached hydrogens (primary N) is 1. The zero-order chi connectivity index (χ0) is 9.42. The molecule has 0 amide bonds. The third-order valence-corrected chi connectivity index (χ3v) is 2.12. The van der Waals surface area contributed by atoms with E-state index in [1.165, 1.54) is 0 Å². The van der Waals surface area contributed by atoms with Crippen LogP contribution >= 0.6 is 0 Å². The van der Waals surface area contributed by atoms with E-state index in [-0.39, 0.29) is 0 Å². The molecule has 0 aromatic carbocycles. The minimum Gasteiger partial charge on any atom is -0.480 e. The van der Waals surface area contributed by atoms with E-state index in [1.807, 2.05) is 0 Å². The molecule has 13 heavy (non-hydrogen) atoms. The number of nitrogens with zero attached hydrogens (tertiary/aromatic N) is 1. The van der Waals surface area contributed by atoms with Gasteiger partial charge < -0.3 is 20.1 Å². The van der Waals surface area contributed by atoms with Gasteiger partial charge in [0.2, 0.25) is 0 Å². The Bertz CT molecular complexity index is 345. The van der Waals surface area contributed by atoms with Crippen molar-refractivity contribution in [3.8, 4) is 5.88 Å². The van der Waals surface area contributed by atoms with Crippen LogP contribution in [-0.2, 0) is 11.3 Å². The molecule has 1 atom stereocenters. The normalized spacial score (nSPS) is 16.4. The van der Waals surface area contributed by atoms with Crippen molar-refractivity contribution < 1.29 is 14.6 Å². The molecule has 0 saturated carbocycles. The predicted molar refractivity (Wildman–Crippen MR) is 44.5 cm³/mol. The molecule has 5 heteroatoms. The Balaban J connectivity index is 2.36. The highest BCUT2D eigenvalue weighted by Crippen LogP contribution is 2.25. The first kappa shape index (κ1) is 8.12. The summed E-state index contributed by atoms with van der Waals surface area (Å²) in [5.74, 6) is -0.320. The van der Waals surface area contributed by atoms with E-state index in [9.17, 15) is 4.79 Å². The van der Waals surface area contributed by atoms with Crippen molar-refractivity contribution in [3.05, 3.63) is 17.8 Å². The molecule has 1 unspecified atom stereocenters.